The van der Waals surface area contributed by atoms with Crippen LogP contribution >= 0.6 is 12.4 Å². The van der Waals surface area contributed by atoms with Crippen LogP contribution in [0.25, 0.3) is 0 Å². The predicted octanol–water partition coefficient (Wildman–Crippen LogP) is 1.61. The molecule has 0 radical (unpaired) electrons. The predicted molar refractivity (Wildman–Crippen MR) is 93.2 cm³/mol. The third-order valence-corrected chi connectivity index (χ3v) is 4.34. The van der Waals surface area contributed by atoms with E-state index in [4.69, 9.17) is 4.74 Å². The van der Waals surface area contributed by atoms with Crippen LogP contribution in [0.5, 0.6) is 5.75 Å². The van der Waals surface area contributed by atoms with E-state index in [-0.39, 0.29) is 36.7 Å². The van der Waals surface area contributed by atoms with Crippen molar-refractivity contribution in [3.63, 3.8) is 0 Å². The van der Waals surface area contributed by atoms with E-state index in [0.29, 0.717) is 17.9 Å². The van der Waals surface area contributed by atoms with Crippen LogP contribution in [0.15, 0.2) is 24.3 Å². The summed E-state index contributed by atoms with van der Waals surface area (Å²) in [6.07, 6.45) is 3.77. The normalized spacial score (nSPS) is 17.3. The first kappa shape index (κ1) is 19.7. The molecule has 8 heteroatoms. The number of carbonyl (C=O) groups is 1. The van der Waals surface area contributed by atoms with E-state index < -0.39 is 9.84 Å². The number of ether oxygens (including phenoxy) is 1. The molecule has 1 aliphatic rings. The maximum Gasteiger partial charge on any atom is 0.225 e. The maximum atomic E-state index is 12.0. The molecule has 1 fully saturated rings. The summed E-state index contributed by atoms with van der Waals surface area (Å²) in [4.78, 5) is 12.0. The fourth-order valence-corrected chi connectivity index (χ4v) is 2.73. The molecule has 2 N–H and O–H groups in total. The minimum atomic E-state index is -3.04. The summed E-state index contributed by atoms with van der Waals surface area (Å²) in [5.74, 6) is 0.477. The van der Waals surface area contributed by atoms with Gasteiger partial charge in [-0.05, 0) is 31.5 Å². The Morgan fingerprint density at radius 3 is 2.87 bits per heavy atom. The standard InChI is InChI=1S/C15H22N2O4S.ClH/c1-22(19,20)9-8-21-14-6-2-4-13(10-14)17-15(18)11-12-5-3-7-16-12;/h2,4,6,10,12,16H,3,5,7-9,11H2,1H3,(H,17,18);1H. The molecule has 1 atom stereocenters. The molecule has 1 aliphatic heterocycles. The zero-order valence-electron chi connectivity index (χ0n) is 13.1. The van der Waals surface area contributed by atoms with Gasteiger partial charge in [-0.1, -0.05) is 6.07 Å². The summed E-state index contributed by atoms with van der Waals surface area (Å²) in [6, 6.07) is 7.23. The number of hydrogen-bond acceptors (Lipinski definition) is 5. The van der Waals surface area contributed by atoms with Gasteiger partial charge in [0.15, 0.2) is 9.84 Å². The van der Waals surface area contributed by atoms with Crippen molar-refractivity contribution in [2.45, 2.75) is 25.3 Å². The van der Waals surface area contributed by atoms with Gasteiger partial charge in [-0.25, -0.2) is 8.42 Å². The average molecular weight is 363 g/mol. The number of sulfone groups is 1. The molecule has 1 unspecified atom stereocenters. The number of carbonyl (C=O) groups excluding carboxylic acids is 1. The number of anilines is 1. The van der Waals surface area contributed by atoms with E-state index in [1.165, 1.54) is 6.26 Å². The summed E-state index contributed by atoms with van der Waals surface area (Å²) in [7, 11) is -3.04. The van der Waals surface area contributed by atoms with E-state index in [1.807, 2.05) is 0 Å². The van der Waals surface area contributed by atoms with Crippen molar-refractivity contribution in [3.8, 4) is 5.75 Å². The molecule has 130 valence electrons. The zero-order chi connectivity index (χ0) is 16.0. The summed E-state index contributed by atoms with van der Waals surface area (Å²) in [5.41, 5.74) is 0.653. The van der Waals surface area contributed by atoms with Crippen molar-refractivity contribution in [3.05, 3.63) is 24.3 Å². The molecule has 1 aromatic carbocycles. The molecule has 2 rings (SSSR count). The quantitative estimate of drug-likeness (QED) is 0.769. The van der Waals surface area contributed by atoms with Crippen LogP contribution in [0.2, 0.25) is 0 Å². The van der Waals surface area contributed by atoms with Gasteiger partial charge in [0.05, 0.1) is 5.75 Å². The molecular formula is C15H23ClN2O4S. The lowest BCUT2D eigenvalue weighted by atomic mass is 10.1. The molecular weight excluding hydrogens is 340 g/mol. The van der Waals surface area contributed by atoms with Gasteiger partial charge in [-0.15, -0.1) is 12.4 Å². The van der Waals surface area contributed by atoms with Crippen molar-refractivity contribution >= 4 is 33.8 Å². The van der Waals surface area contributed by atoms with Crippen LogP contribution in [-0.2, 0) is 14.6 Å². The van der Waals surface area contributed by atoms with E-state index in [9.17, 15) is 13.2 Å². The number of nitrogens with one attached hydrogen (secondary N) is 2. The SMILES string of the molecule is CS(=O)(=O)CCOc1cccc(NC(=O)CC2CCCN2)c1.Cl. The van der Waals surface area contributed by atoms with Crippen LogP contribution in [0, 0.1) is 0 Å². The van der Waals surface area contributed by atoms with Gasteiger partial charge in [0, 0.05) is 30.5 Å². The van der Waals surface area contributed by atoms with Gasteiger partial charge in [-0.3, -0.25) is 4.79 Å². The van der Waals surface area contributed by atoms with Gasteiger partial charge >= 0.3 is 0 Å². The molecule has 1 amide bonds. The highest BCUT2D eigenvalue weighted by Gasteiger charge is 2.17. The molecule has 0 aromatic heterocycles. The second-order valence-electron chi connectivity index (χ2n) is 5.55. The van der Waals surface area contributed by atoms with Crippen molar-refractivity contribution in [1.82, 2.24) is 5.32 Å². The van der Waals surface area contributed by atoms with E-state index in [1.54, 1.807) is 24.3 Å². The lowest BCUT2D eigenvalue weighted by molar-refractivity contribution is -0.116. The minimum Gasteiger partial charge on any atom is -0.492 e. The lowest BCUT2D eigenvalue weighted by Gasteiger charge is -2.11. The molecule has 0 spiro atoms. The first-order chi connectivity index (χ1) is 10.4. The Morgan fingerprint density at radius 2 is 2.22 bits per heavy atom. The molecule has 0 bridgehead atoms. The number of halogens is 1. The fraction of sp³-hybridized carbons (Fsp3) is 0.533. The molecule has 1 saturated heterocycles. The Balaban J connectivity index is 0.00000264. The van der Waals surface area contributed by atoms with Crippen molar-refractivity contribution in [1.29, 1.82) is 0 Å². The summed E-state index contributed by atoms with van der Waals surface area (Å²) < 4.78 is 27.5. The topological polar surface area (TPSA) is 84.5 Å². The van der Waals surface area contributed by atoms with Crippen LogP contribution in [-0.4, -0.2) is 45.5 Å². The maximum absolute atomic E-state index is 12.0. The number of benzene rings is 1. The molecule has 1 aromatic rings. The van der Waals surface area contributed by atoms with Gasteiger partial charge < -0.3 is 15.4 Å². The Labute approximate surface area is 143 Å². The fourth-order valence-electron chi connectivity index (χ4n) is 2.34. The summed E-state index contributed by atoms with van der Waals surface area (Å²) in [5, 5.41) is 6.12. The smallest absolute Gasteiger partial charge is 0.225 e. The highest BCUT2D eigenvalue weighted by molar-refractivity contribution is 7.90. The van der Waals surface area contributed by atoms with Crippen LogP contribution in [0.1, 0.15) is 19.3 Å². The Morgan fingerprint density at radius 1 is 1.43 bits per heavy atom. The largest absolute Gasteiger partial charge is 0.492 e. The van der Waals surface area contributed by atoms with Gasteiger partial charge in [0.1, 0.15) is 12.4 Å². The molecule has 6 nitrogen and oxygen atoms in total. The van der Waals surface area contributed by atoms with Gasteiger partial charge in [0.25, 0.3) is 0 Å². The number of rotatable bonds is 7. The van der Waals surface area contributed by atoms with E-state index >= 15 is 0 Å². The first-order valence-corrected chi connectivity index (χ1v) is 9.42. The first-order valence-electron chi connectivity index (χ1n) is 7.36. The monoisotopic (exact) mass is 362 g/mol. The number of hydrogen-bond donors (Lipinski definition) is 2. The molecule has 0 aliphatic carbocycles. The minimum absolute atomic E-state index is 0. The molecule has 0 saturated carbocycles. The third kappa shape index (κ3) is 7.67. The van der Waals surface area contributed by atoms with Crippen molar-refractivity contribution in [2.24, 2.45) is 0 Å². The van der Waals surface area contributed by atoms with Crippen LogP contribution in [0.3, 0.4) is 0 Å². The van der Waals surface area contributed by atoms with Gasteiger partial charge in [-0.2, -0.15) is 0 Å². The third-order valence-electron chi connectivity index (χ3n) is 3.43. The average Bonchev–Trinajstić information content (AvgIpc) is 2.90. The molecule has 1 heterocycles. The Hall–Kier alpha value is -1.31. The highest BCUT2D eigenvalue weighted by atomic mass is 35.5. The second kappa shape index (κ2) is 9.10. The van der Waals surface area contributed by atoms with Crippen molar-refractivity contribution in [2.75, 3.05) is 30.5 Å². The summed E-state index contributed by atoms with van der Waals surface area (Å²) in [6.45, 7) is 1.07. The zero-order valence-corrected chi connectivity index (χ0v) is 14.7. The van der Waals surface area contributed by atoms with Crippen LogP contribution < -0.4 is 15.4 Å². The van der Waals surface area contributed by atoms with E-state index in [0.717, 1.165) is 19.4 Å². The van der Waals surface area contributed by atoms with Gasteiger partial charge in [0.2, 0.25) is 5.91 Å². The summed E-state index contributed by atoms with van der Waals surface area (Å²) >= 11 is 0. The van der Waals surface area contributed by atoms with E-state index in [2.05, 4.69) is 10.6 Å². The van der Waals surface area contributed by atoms with Crippen LogP contribution in [0.4, 0.5) is 5.69 Å². The Bertz CT molecular complexity index is 616. The number of amides is 1. The highest BCUT2D eigenvalue weighted by Crippen LogP contribution is 2.18. The van der Waals surface area contributed by atoms with Crippen molar-refractivity contribution < 1.29 is 17.9 Å². The second-order valence-corrected chi connectivity index (χ2v) is 7.81. The lowest BCUT2D eigenvalue weighted by Crippen LogP contribution is -2.27. The Kier molecular flexibility index (Phi) is 7.81. The molecule has 23 heavy (non-hydrogen) atoms.